The van der Waals surface area contributed by atoms with E-state index in [-0.39, 0.29) is 11.4 Å². The Balaban J connectivity index is 1.55. The fourth-order valence-electron chi connectivity index (χ4n) is 5.52. The molecule has 1 aromatic rings. The van der Waals surface area contributed by atoms with Crippen LogP contribution in [0.5, 0.6) is 0 Å². The monoisotopic (exact) mass is 378 g/mol. The quantitative estimate of drug-likeness (QED) is 0.556. The third-order valence-electron chi connectivity index (χ3n) is 6.39. The van der Waals surface area contributed by atoms with Gasteiger partial charge >= 0.3 is 0 Å². The second kappa shape index (κ2) is 7.11. The third kappa shape index (κ3) is 3.57. The Bertz CT molecular complexity index is 667. The molecule has 3 aliphatic rings. The number of pyridine rings is 1. The SMILES string of the molecule is CCCSc1nc(Cl)ccc1C(=O)NC12CCCC3CC(CC3C1)C2. The van der Waals surface area contributed by atoms with Crippen molar-refractivity contribution in [1.29, 1.82) is 0 Å². The number of nitrogens with zero attached hydrogens (tertiary/aromatic N) is 1. The second-order valence-electron chi connectivity index (χ2n) is 8.23. The molecule has 0 radical (unpaired) electrons. The van der Waals surface area contributed by atoms with Gasteiger partial charge in [-0.05, 0) is 74.2 Å². The van der Waals surface area contributed by atoms with Crippen LogP contribution in [0.1, 0.15) is 68.6 Å². The molecule has 25 heavy (non-hydrogen) atoms. The van der Waals surface area contributed by atoms with Crippen molar-refractivity contribution in [3.63, 3.8) is 0 Å². The average Bonchev–Trinajstić information content (AvgIpc) is 2.80. The van der Waals surface area contributed by atoms with E-state index in [1.807, 2.05) is 6.07 Å². The zero-order valence-corrected chi connectivity index (χ0v) is 16.5. The molecular weight excluding hydrogens is 352 g/mol. The molecule has 0 saturated heterocycles. The minimum atomic E-state index is 0.0161. The van der Waals surface area contributed by atoms with Crippen molar-refractivity contribution in [2.24, 2.45) is 17.8 Å². The molecule has 3 saturated carbocycles. The maximum absolute atomic E-state index is 13.1. The van der Waals surface area contributed by atoms with Gasteiger partial charge in [-0.25, -0.2) is 4.98 Å². The Hall–Kier alpha value is -0.740. The Morgan fingerprint density at radius 1 is 1.36 bits per heavy atom. The third-order valence-corrected chi connectivity index (χ3v) is 7.80. The summed E-state index contributed by atoms with van der Waals surface area (Å²) in [4.78, 5) is 17.5. The minimum absolute atomic E-state index is 0.0161. The van der Waals surface area contributed by atoms with Crippen molar-refractivity contribution < 1.29 is 4.79 Å². The summed E-state index contributed by atoms with van der Waals surface area (Å²) < 4.78 is 0. The van der Waals surface area contributed by atoms with Crippen LogP contribution in [0.3, 0.4) is 0 Å². The van der Waals surface area contributed by atoms with E-state index in [0.717, 1.165) is 41.4 Å². The number of hydrogen-bond donors (Lipinski definition) is 1. The summed E-state index contributed by atoms with van der Waals surface area (Å²) in [6.45, 7) is 2.13. The Morgan fingerprint density at radius 2 is 2.20 bits per heavy atom. The first kappa shape index (κ1) is 17.7. The smallest absolute Gasteiger partial charge is 0.254 e. The molecule has 3 bridgehead atoms. The first-order valence-corrected chi connectivity index (χ1v) is 11.1. The molecule has 1 aromatic heterocycles. The molecule has 3 aliphatic carbocycles. The number of rotatable bonds is 5. The van der Waals surface area contributed by atoms with Gasteiger partial charge in [0.25, 0.3) is 5.91 Å². The fourth-order valence-corrected chi connectivity index (χ4v) is 6.60. The number of thioether (sulfide) groups is 1. The molecule has 3 nitrogen and oxygen atoms in total. The summed E-state index contributed by atoms with van der Waals surface area (Å²) in [5, 5.41) is 4.71. The standard InChI is InChI=1S/C20H27ClN2OS/c1-2-8-25-19-16(5-6-17(21)22-19)18(24)23-20-7-3-4-14-9-13(11-20)10-15(14)12-20/h5-6,13-15H,2-4,7-12H2,1H3,(H,23,24). The van der Waals surface area contributed by atoms with Crippen molar-refractivity contribution >= 4 is 29.3 Å². The van der Waals surface area contributed by atoms with E-state index < -0.39 is 0 Å². The van der Waals surface area contributed by atoms with Crippen LogP contribution in [-0.4, -0.2) is 22.2 Å². The lowest BCUT2D eigenvalue weighted by Gasteiger charge is -2.41. The Kier molecular flexibility index (Phi) is 5.02. The van der Waals surface area contributed by atoms with Gasteiger partial charge in [-0.2, -0.15) is 0 Å². The number of amides is 1. The predicted octanol–water partition coefficient (Wildman–Crippen LogP) is 5.33. The molecule has 4 rings (SSSR count). The summed E-state index contributed by atoms with van der Waals surface area (Å²) in [6.07, 6.45) is 9.94. The molecule has 136 valence electrons. The lowest BCUT2D eigenvalue weighted by molar-refractivity contribution is 0.0821. The van der Waals surface area contributed by atoms with E-state index in [4.69, 9.17) is 11.6 Å². The molecular formula is C20H27ClN2OS. The van der Waals surface area contributed by atoms with Gasteiger partial charge in [0.05, 0.1) is 5.56 Å². The average molecular weight is 379 g/mol. The number of aromatic nitrogens is 1. The van der Waals surface area contributed by atoms with Crippen LogP contribution >= 0.6 is 23.4 Å². The van der Waals surface area contributed by atoms with Crippen LogP contribution in [0.25, 0.3) is 0 Å². The maximum atomic E-state index is 13.1. The van der Waals surface area contributed by atoms with Gasteiger partial charge in [-0.15, -0.1) is 11.8 Å². The van der Waals surface area contributed by atoms with E-state index >= 15 is 0 Å². The Morgan fingerprint density at radius 3 is 3.04 bits per heavy atom. The van der Waals surface area contributed by atoms with Gasteiger partial charge in [0.15, 0.2) is 0 Å². The van der Waals surface area contributed by atoms with E-state index in [2.05, 4.69) is 17.2 Å². The summed E-state index contributed by atoms with van der Waals surface area (Å²) in [5.41, 5.74) is 0.707. The molecule has 4 unspecified atom stereocenters. The van der Waals surface area contributed by atoms with Crippen molar-refractivity contribution in [1.82, 2.24) is 10.3 Å². The highest BCUT2D eigenvalue weighted by molar-refractivity contribution is 7.99. The van der Waals surface area contributed by atoms with Gasteiger partial charge < -0.3 is 5.32 Å². The molecule has 3 fully saturated rings. The highest BCUT2D eigenvalue weighted by Gasteiger charge is 2.50. The molecule has 5 heteroatoms. The van der Waals surface area contributed by atoms with Crippen molar-refractivity contribution in [2.45, 2.75) is 68.9 Å². The highest BCUT2D eigenvalue weighted by atomic mass is 35.5. The number of hydrogen-bond acceptors (Lipinski definition) is 3. The summed E-state index contributed by atoms with van der Waals surface area (Å²) in [5.74, 6) is 3.56. The number of fused-ring (bicyclic) bond motifs is 2. The van der Waals surface area contributed by atoms with Crippen LogP contribution in [0, 0.1) is 17.8 Å². The van der Waals surface area contributed by atoms with E-state index in [0.29, 0.717) is 10.7 Å². The van der Waals surface area contributed by atoms with Crippen molar-refractivity contribution in [3.05, 3.63) is 22.8 Å². The summed E-state index contributed by atoms with van der Waals surface area (Å²) in [6, 6.07) is 3.58. The van der Waals surface area contributed by atoms with Crippen LogP contribution in [0.2, 0.25) is 5.15 Å². The molecule has 0 spiro atoms. The number of halogens is 1. The van der Waals surface area contributed by atoms with E-state index in [1.54, 1.807) is 17.8 Å². The molecule has 1 heterocycles. The minimum Gasteiger partial charge on any atom is -0.346 e. The highest BCUT2D eigenvalue weighted by Crippen LogP contribution is 2.55. The largest absolute Gasteiger partial charge is 0.346 e. The van der Waals surface area contributed by atoms with E-state index in [1.165, 1.54) is 38.5 Å². The molecule has 0 aromatic carbocycles. The molecule has 1 N–H and O–H groups in total. The van der Waals surface area contributed by atoms with Gasteiger partial charge in [0.1, 0.15) is 10.2 Å². The predicted molar refractivity (Wildman–Crippen MR) is 103 cm³/mol. The number of carbonyl (C=O) groups excluding carboxylic acids is 1. The summed E-state index contributed by atoms with van der Waals surface area (Å²) >= 11 is 7.69. The normalized spacial score (nSPS) is 33.3. The Labute approximate surface area is 159 Å². The van der Waals surface area contributed by atoms with Gasteiger partial charge in [0, 0.05) is 5.54 Å². The van der Waals surface area contributed by atoms with Gasteiger partial charge in [-0.1, -0.05) is 31.4 Å². The van der Waals surface area contributed by atoms with Crippen LogP contribution in [-0.2, 0) is 0 Å². The second-order valence-corrected chi connectivity index (χ2v) is 9.70. The van der Waals surface area contributed by atoms with Crippen LogP contribution in [0.4, 0.5) is 0 Å². The van der Waals surface area contributed by atoms with E-state index in [9.17, 15) is 4.79 Å². The molecule has 0 aliphatic heterocycles. The molecule has 4 atom stereocenters. The lowest BCUT2D eigenvalue weighted by atomic mass is 9.73. The fraction of sp³-hybridized carbons (Fsp3) is 0.700. The maximum Gasteiger partial charge on any atom is 0.254 e. The lowest BCUT2D eigenvalue weighted by Crippen LogP contribution is -2.51. The van der Waals surface area contributed by atoms with Crippen molar-refractivity contribution in [2.75, 3.05) is 5.75 Å². The first-order chi connectivity index (χ1) is 12.1. The van der Waals surface area contributed by atoms with Crippen molar-refractivity contribution in [3.8, 4) is 0 Å². The zero-order valence-electron chi connectivity index (χ0n) is 14.9. The summed E-state index contributed by atoms with van der Waals surface area (Å²) in [7, 11) is 0. The van der Waals surface area contributed by atoms with Crippen LogP contribution in [0.15, 0.2) is 17.2 Å². The topological polar surface area (TPSA) is 42.0 Å². The first-order valence-electron chi connectivity index (χ1n) is 9.70. The number of carbonyl (C=O) groups is 1. The molecule has 1 amide bonds. The number of nitrogens with one attached hydrogen (secondary N) is 1. The van der Waals surface area contributed by atoms with Gasteiger partial charge in [0.2, 0.25) is 0 Å². The van der Waals surface area contributed by atoms with Crippen LogP contribution < -0.4 is 5.32 Å². The van der Waals surface area contributed by atoms with Gasteiger partial charge in [-0.3, -0.25) is 4.79 Å². The zero-order chi connectivity index (χ0) is 17.4.